The Labute approximate surface area is 184 Å². The van der Waals surface area contributed by atoms with Gasteiger partial charge in [0.25, 0.3) is 0 Å². The van der Waals surface area contributed by atoms with E-state index in [-0.39, 0.29) is 17.3 Å². The molecule has 2 aliphatic heterocycles. The van der Waals surface area contributed by atoms with Gasteiger partial charge in [-0.2, -0.15) is 0 Å². The van der Waals surface area contributed by atoms with Gasteiger partial charge in [0.15, 0.2) is 5.78 Å². The Bertz CT molecular complexity index is 856. The highest BCUT2D eigenvalue weighted by atomic mass is 16.5. The number of rotatable bonds is 4. The SMILES string of the molecule is C=C1OC2(CCN(Cc3ccccc3)CC2)CC(=O)C1=N.COc1ccc(CN)cc1. The lowest BCUT2D eigenvalue weighted by Gasteiger charge is -2.44. The lowest BCUT2D eigenvalue weighted by molar-refractivity contribution is -0.125. The van der Waals surface area contributed by atoms with Crippen LogP contribution in [0.3, 0.4) is 0 Å². The largest absolute Gasteiger partial charge is 0.497 e. The first-order valence-electron chi connectivity index (χ1n) is 10.5. The van der Waals surface area contributed by atoms with Gasteiger partial charge in [-0.1, -0.05) is 49.0 Å². The molecule has 0 bridgehead atoms. The number of hydrogen-bond acceptors (Lipinski definition) is 6. The molecule has 0 saturated carbocycles. The molecule has 1 spiro atoms. The summed E-state index contributed by atoms with van der Waals surface area (Å²) in [6.45, 7) is 7.03. The molecule has 2 saturated heterocycles. The van der Waals surface area contributed by atoms with Crippen LogP contribution in [0.25, 0.3) is 0 Å². The number of methoxy groups -OCH3 is 1. The average molecular weight is 422 g/mol. The van der Waals surface area contributed by atoms with Gasteiger partial charge in [0, 0.05) is 39.0 Å². The zero-order chi connectivity index (χ0) is 22.3. The standard InChI is InChI=1S/C17H20N2O2.C8H11NO/c1-13-16(18)15(20)11-17(21-13)7-9-19(10-8-17)12-14-5-3-2-4-6-14;1-10-8-4-2-7(6-9)3-5-8/h2-6,18H,1,7-12H2;2-5H,6,9H2,1H3. The fourth-order valence-corrected chi connectivity index (χ4v) is 3.89. The van der Waals surface area contributed by atoms with Crippen LogP contribution < -0.4 is 10.5 Å². The van der Waals surface area contributed by atoms with Crippen LogP contribution in [-0.2, 0) is 22.6 Å². The summed E-state index contributed by atoms with van der Waals surface area (Å²) in [5, 5.41) is 7.61. The number of likely N-dealkylation sites (tertiary alicyclic amines) is 1. The number of nitrogens with zero attached hydrogens (tertiary/aromatic N) is 1. The van der Waals surface area contributed by atoms with Crippen LogP contribution in [0.2, 0.25) is 0 Å². The van der Waals surface area contributed by atoms with Crippen molar-refractivity contribution in [3.63, 3.8) is 0 Å². The van der Waals surface area contributed by atoms with Crippen LogP contribution in [0, 0.1) is 5.41 Å². The van der Waals surface area contributed by atoms with Crippen molar-refractivity contribution in [2.24, 2.45) is 5.73 Å². The Morgan fingerprint density at radius 1 is 1.10 bits per heavy atom. The highest BCUT2D eigenvalue weighted by Crippen LogP contribution is 2.36. The van der Waals surface area contributed by atoms with E-state index in [4.69, 9.17) is 20.6 Å². The molecule has 0 aromatic heterocycles. The Hall–Kier alpha value is -2.96. The quantitative estimate of drug-likeness (QED) is 0.786. The van der Waals surface area contributed by atoms with E-state index in [0.717, 1.165) is 43.8 Å². The van der Waals surface area contributed by atoms with E-state index in [1.54, 1.807) is 7.11 Å². The smallest absolute Gasteiger partial charge is 0.188 e. The first-order chi connectivity index (χ1) is 14.9. The zero-order valence-electron chi connectivity index (χ0n) is 18.1. The molecule has 3 N–H and O–H groups in total. The molecule has 6 heteroatoms. The van der Waals surface area contributed by atoms with Crippen molar-refractivity contribution in [2.45, 2.75) is 38.0 Å². The maximum absolute atomic E-state index is 11.9. The van der Waals surface area contributed by atoms with Crippen molar-refractivity contribution in [3.05, 3.63) is 78.1 Å². The molecule has 164 valence electrons. The Kier molecular flexibility index (Phi) is 7.60. The van der Waals surface area contributed by atoms with Crippen molar-refractivity contribution in [1.29, 1.82) is 5.41 Å². The van der Waals surface area contributed by atoms with E-state index in [0.29, 0.717) is 13.0 Å². The molecule has 0 aliphatic carbocycles. The van der Waals surface area contributed by atoms with Crippen molar-refractivity contribution in [1.82, 2.24) is 4.90 Å². The van der Waals surface area contributed by atoms with Gasteiger partial charge in [-0.05, 0) is 23.3 Å². The van der Waals surface area contributed by atoms with Crippen LogP contribution in [0.15, 0.2) is 66.9 Å². The predicted molar refractivity (Wildman–Crippen MR) is 122 cm³/mol. The summed E-state index contributed by atoms with van der Waals surface area (Å²) in [5.74, 6) is 0.975. The number of nitrogens with one attached hydrogen (secondary N) is 1. The molecule has 6 nitrogen and oxygen atoms in total. The van der Waals surface area contributed by atoms with E-state index >= 15 is 0 Å². The summed E-state index contributed by atoms with van der Waals surface area (Å²) in [4.78, 5) is 14.3. The van der Waals surface area contributed by atoms with Crippen molar-refractivity contribution in [2.75, 3.05) is 20.2 Å². The number of carbonyl (C=O) groups is 1. The lowest BCUT2D eigenvalue weighted by Crippen LogP contribution is -2.50. The number of allylic oxidation sites excluding steroid dienone is 1. The second-order valence-corrected chi connectivity index (χ2v) is 8.00. The second kappa shape index (κ2) is 10.4. The third kappa shape index (κ3) is 6.03. The van der Waals surface area contributed by atoms with Crippen LogP contribution >= 0.6 is 0 Å². The number of piperidine rings is 1. The van der Waals surface area contributed by atoms with E-state index < -0.39 is 5.60 Å². The number of Topliss-reactive ketones (excluding diaryl/α,β-unsaturated/α-hetero) is 1. The topological polar surface area (TPSA) is 88.6 Å². The summed E-state index contributed by atoms with van der Waals surface area (Å²) >= 11 is 0. The number of benzene rings is 2. The number of nitrogens with two attached hydrogens (primary N) is 1. The van der Waals surface area contributed by atoms with Gasteiger partial charge < -0.3 is 15.2 Å². The maximum Gasteiger partial charge on any atom is 0.188 e. The monoisotopic (exact) mass is 421 g/mol. The van der Waals surface area contributed by atoms with Gasteiger partial charge in [0.05, 0.1) is 13.5 Å². The molecule has 4 rings (SSSR count). The van der Waals surface area contributed by atoms with Gasteiger partial charge in [-0.3, -0.25) is 15.1 Å². The molecule has 0 radical (unpaired) electrons. The fourth-order valence-electron chi connectivity index (χ4n) is 3.89. The van der Waals surface area contributed by atoms with E-state index in [1.807, 2.05) is 30.3 Å². The normalized spacial score (nSPS) is 18.2. The molecule has 0 amide bonds. The molecule has 2 aromatic rings. The Morgan fingerprint density at radius 2 is 1.74 bits per heavy atom. The van der Waals surface area contributed by atoms with Crippen molar-refractivity contribution < 1.29 is 14.3 Å². The minimum absolute atomic E-state index is 0.0626. The number of ether oxygens (including phenoxy) is 2. The van der Waals surface area contributed by atoms with Crippen molar-refractivity contribution >= 4 is 11.5 Å². The van der Waals surface area contributed by atoms with Crippen LogP contribution in [0.5, 0.6) is 5.75 Å². The number of carbonyl (C=O) groups excluding carboxylic acids is 1. The van der Waals surface area contributed by atoms with Crippen LogP contribution in [0.1, 0.15) is 30.4 Å². The second-order valence-electron chi connectivity index (χ2n) is 8.00. The predicted octanol–water partition coefficient (Wildman–Crippen LogP) is 3.70. The van der Waals surface area contributed by atoms with Crippen LogP contribution in [-0.4, -0.2) is 42.2 Å². The molecular weight excluding hydrogens is 390 g/mol. The highest BCUT2D eigenvalue weighted by molar-refractivity contribution is 6.44. The first kappa shape index (κ1) is 22.7. The minimum Gasteiger partial charge on any atom is -0.497 e. The molecule has 0 unspecified atom stereocenters. The molecule has 2 fully saturated rings. The summed E-state index contributed by atoms with van der Waals surface area (Å²) in [7, 11) is 1.65. The molecule has 2 heterocycles. The molecule has 31 heavy (non-hydrogen) atoms. The van der Waals surface area contributed by atoms with Gasteiger partial charge in [-0.25, -0.2) is 0 Å². The Balaban J connectivity index is 0.000000229. The van der Waals surface area contributed by atoms with Gasteiger partial charge in [-0.15, -0.1) is 0 Å². The van der Waals surface area contributed by atoms with Crippen molar-refractivity contribution in [3.8, 4) is 5.75 Å². The average Bonchev–Trinajstić information content (AvgIpc) is 2.80. The Morgan fingerprint density at radius 3 is 2.29 bits per heavy atom. The van der Waals surface area contributed by atoms with Gasteiger partial charge in [0.2, 0.25) is 0 Å². The minimum atomic E-state index is -0.425. The first-order valence-corrected chi connectivity index (χ1v) is 10.5. The summed E-state index contributed by atoms with van der Waals surface area (Å²) in [6, 6.07) is 18.1. The third-order valence-corrected chi connectivity index (χ3v) is 5.79. The van der Waals surface area contributed by atoms with Gasteiger partial charge in [0.1, 0.15) is 22.8 Å². The van der Waals surface area contributed by atoms with Crippen LogP contribution in [0.4, 0.5) is 0 Å². The molecule has 0 atom stereocenters. The summed E-state index contributed by atoms with van der Waals surface area (Å²) in [5.41, 5.74) is 7.34. The molecular formula is C25H31N3O3. The lowest BCUT2D eigenvalue weighted by atomic mass is 9.83. The molecule has 2 aliphatic rings. The molecule has 2 aromatic carbocycles. The van der Waals surface area contributed by atoms with E-state index in [2.05, 4.69) is 35.7 Å². The van der Waals surface area contributed by atoms with E-state index in [1.165, 1.54) is 5.56 Å². The van der Waals surface area contributed by atoms with E-state index in [9.17, 15) is 4.79 Å². The number of ketones is 1. The number of hydrogen-bond donors (Lipinski definition) is 2. The maximum atomic E-state index is 11.9. The zero-order valence-corrected chi connectivity index (χ0v) is 18.1. The van der Waals surface area contributed by atoms with Gasteiger partial charge >= 0.3 is 0 Å². The highest BCUT2D eigenvalue weighted by Gasteiger charge is 2.43. The fraction of sp³-hybridized carbons (Fsp3) is 0.360. The third-order valence-electron chi connectivity index (χ3n) is 5.79. The summed E-state index contributed by atoms with van der Waals surface area (Å²) < 4.78 is 10.8. The summed E-state index contributed by atoms with van der Waals surface area (Å²) in [6.07, 6.45) is 1.96.